The molecular formula is C11H9N2O5S-. The molecule has 100 valence electrons. The van der Waals surface area contributed by atoms with E-state index in [0.29, 0.717) is 0 Å². The van der Waals surface area contributed by atoms with E-state index in [1.165, 1.54) is 12.3 Å². The highest BCUT2D eigenvalue weighted by atomic mass is 32.2. The first kappa shape index (κ1) is 13.2. The number of nitro benzene ring substituents is 1. The number of hydrogen-bond donors (Lipinski definition) is 0. The quantitative estimate of drug-likeness (QED) is 0.452. The molecule has 8 heteroatoms. The summed E-state index contributed by atoms with van der Waals surface area (Å²) in [5, 5.41) is 23.1. The molecule has 0 radical (unpaired) electrons. The molecule has 0 saturated carbocycles. The third-order valence-electron chi connectivity index (χ3n) is 2.52. The molecule has 1 aliphatic heterocycles. The van der Waals surface area contributed by atoms with Gasteiger partial charge in [-0.15, -0.1) is 0 Å². The first-order valence-corrected chi connectivity index (χ1v) is 6.98. The van der Waals surface area contributed by atoms with Gasteiger partial charge in [0.2, 0.25) is 0 Å². The monoisotopic (exact) mass is 281 g/mol. The van der Waals surface area contributed by atoms with Crippen LogP contribution in [0.4, 0.5) is 5.69 Å². The molecule has 2 rings (SSSR count). The summed E-state index contributed by atoms with van der Waals surface area (Å²) in [6.07, 6.45) is 2.58. The topological polar surface area (TPSA) is 113 Å². The van der Waals surface area contributed by atoms with Gasteiger partial charge >= 0.3 is 0 Å². The summed E-state index contributed by atoms with van der Waals surface area (Å²) in [4.78, 5) is 13.9. The van der Waals surface area contributed by atoms with Crippen molar-refractivity contribution >= 4 is 21.7 Å². The Balaban J connectivity index is 2.22. The van der Waals surface area contributed by atoms with Gasteiger partial charge in [-0.1, -0.05) is 11.8 Å². The lowest BCUT2D eigenvalue weighted by Crippen LogP contribution is -2.09. The Morgan fingerprint density at radius 2 is 2.16 bits per heavy atom. The van der Waals surface area contributed by atoms with E-state index in [2.05, 4.69) is 4.99 Å². The highest BCUT2D eigenvalue weighted by Gasteiger charge is 2.20. The van der Waals surface area contributed by atoms with Crippen LogP contribution in [0.2, 0.25) is 0 Å². The lowest BCUT2D eigenvalue weighted by molar-refractivity contribution is -0.385. The van der Waals surface area contributed by atoms with Crippen molar-refractivity contribution < 1.29 is 18.4 Å². The Labute approximate surface area is 109 Å². The van der Waals surface area contributed by atoms with E-state index < -0.39 is 26.6 Å². The predicted molar refractivity (Wildman–Crippen MR) is 66.9 cm³/mol. The van der Waals surface area contributed by atoms with Gasteiger partial charge in [-0.05, 0) is 11.6 Å². The Morgan fingerprint density at radius 1 is 1.42 bits per heavy atom. The fourth-order valence-electron chi connectivity index (χ4n) is 1.58. The Kier molecular flexibility index (Phi) is 3.34. The van der Waals surface area contributed by atoms with Crippen LogP contribution in [0.1, 0.15) is 5.56 Å². The maximum absolute atomic E-state index is 11.5. The average molecular weight is 281 g/mol. The van der Waals surface area contributed by atoms with Crippen molar-refractivity contribution in [3.05, 3.63) is 45.4 Å². The van der Waals surface area contributed by atoms with Crippen molar-refractivity contribution in [3.63, 3.8) is 0 Å². The molecule has 1 heterocycles. The van der Waals surface area contributed by atoms with Gasteiger partial charge in [-0.2, -0.15) is 0 Å². The summed E-state index contributed by atoms with van der Waals surface area (Å²) in [6, 6.07) is 2.75. The van der Waals surface area contributed by atoms with Crippen LogP contribution >= 0.6 is 0 Å². The minimum Gasteiger partial charge on any atom is -0.872 e. The summed E-state index contributed by atoms with van der Waals surface area (Å²) in [7, 11) is -3.21. The van der Waals surface area contributed by atoms with Crippen LogP contribution in [-0.2, 0) is 9.84 Å². The van der Waals surface area contributed by atoms with Gasteiger partial charge in [0.05, 0.1) is 16.7 Å². The molecule has 7 nitrogen and oxygen atoms in total. The van der Waals surface area contributed by atoms with Crippen molar-refractivity contribution in [2.75, 3.05) is 5.75 Å². The zero-order chi connectivity index (χ0) is 14.0. The predicted octanol–water partition coefficient (Wildman–Crippen LogP) is 0.398. The number of nitro groups is 1. The van der Waals surface area contributed by atoms with Crippen LogP contribution in [0.15, 0.2) is 34.7 Å². The van der Waals surface area contributed by atoms with E-state index in [0.717, 1.165) is 23.6 Å². The zero-order valence-corrected chi connectivity index (χ0v) is 10.4. The number of nitrogens with zero attached hydrogens (tertiary/aromatic N) is 2. The van der Waals surface area contributed by atoms with Crippen molar-refractivity contribution in [1.82, 2.24) is 0 Å². The molecule has 0 N–H and O–H groups in total. The molecule has 1 aromatic rings. The molecule has 0 aromatic heterocycles. The van der Waals surface area contributed by atoms with Gasteiger partial charge in [-0.3, -0.25) is 15.1 Å². The van der Waals surface area contributed by atoms with Crippen LogP contribution in [-0.4, -0.2) is 31.4 Å². The van der Waals surface area contributed by atoms with Gasteiger partial charge in [0, 0.05) is 23.8 Å². The molecular weight excluding hydrogens is 272 g/mol. The van der Waals surface area contributed by atoms with Crippen LogP contribution in [0.25, 0.3) is 0 Å². The fourth-order valence-corrected chi connectivity index (χ4v) is 2.78. The second-order valence-electron chi connectivity index (χ2n) is 3.98. The Morgan fingerprint density at radius 3 is 2.74 bits per heavy atom. The van der Waals surface area contributed by atoms with Crippen molar-refractivity contribution in [2.45, 2.75) is 6.04 Å². The number of sulfone groups is 1. The maximum atomic E-state index is 11.5. The van der Waals surface area contributed by atoms with Crippen molar-refractivity contribution in [3.8, 4) is 5.75 Å². The van der Waals surface area contributed by atoms with Gasteiger partial charge in [0.1, 0.15) is 0 Å². The van der Waals surface area contributed by atoms with E-state index >= 15 is 0 Å². The highest BCUT2D eigenvalue weighted by Crippen LogP contribution is 2.20. The van der Waals surface area contributed by atoms with Crippen LogP contribution in [0, 0.1) is 10.1 Å². The molecule has 0 bridgehead atoms. The lowest BCUT2D eigenvalue weighted by atomic mass is 10.2. The van der Waals surface area contributed by atoms with Gasteiger partial charge in [-0.25, -0.2) is 8.42 Å². The van der Waals surface area contributed by atoms with E-state index in [-0.39, 0.29) is 17.0 Å². The number of benzene rings is 1. The second kappa shape index (κ2) is 4.81. The Bertz CT molecular complexity index is 678. The van der Waals surface area contributed by atoms with Gasteiger partial charge in [0.25, 0.3) is 5.69 Å². The summed E-state index contributed by atoms with van der Waals surface area (Å²) >= 11 is 0. The first-order chi connectivity index (χ1) is 8.87. The van der Waals surface area contributed by atoms with Crippen LogP contribution in [0.5, 0.6) is 5.75 Å². The SMILES string of the molecule is O=[N+]([O-])c1ccc([O-])c(C=N[C@@H]2C=CS(=O)(=O)C2)c1. The standard InChI is InChI=1S/C11H10N2O5S/c14-11-2-1-10(13(15)16)5-8(11)6-12-9-3-4-19(17,18)7-9/h1-6,9,14H,7H2/p-1/t9-/m1/s1. The number of aliphatic imine (C=N–C) groups is 1. The third-order valence-corrected chi connectivity index (χ3v) is 3.90. The molecule has 0 fully saturated rings. The fraction of sp³-hybridized carbons (Fsp3) is 0.182. The second-order valence-corrected chi connectivity index (χ2v) is 5.91. The van der Waals surface area contributed by atoms with E-state index in [9.17, 15) is 23.6 Å². The molecule has 0 saturated heterocycles. The third kappa shape index (κ3) is 3.16. The van der Waals surface area contributed by atoms with Crippen molar-refractivity contribution in [2.24, 2.45) is 4.99 Å². The molecule has 1 atom stereocenters. The smallest absolute Gasteiger partial charge is 0.270 e. The van der Waals surface area contributed by atoms with Crippen LogP contribution < -0.4 is 5.11 Å². The molecule has 1 aliphatic rings. The Hall–Kier alpha value is -2.22. The van der Waals surface area contributed by atoms with Crippen molar-refractivity contribution in [1.29, 1.82) is 0 Å². The molecule has 0 aliphatic carbocycles. The van der Waals surface area contributed by atoms with Crippen LogP contribution in [0.3, 0.4) is 0 Å². The average Bonchev–Trinajstić information content (AvgIpc) is 2.67. The normalized spacial score (nSPS) is 20.9. The molecule has 1 aromatic carbocycles. The van der Waals surface area contributed by atoms with Gasteiger partial charge in [0.15, 0.2) is 9.84 Å². The molecule has 0 unspecified atom stereocenters. The van der Waals surface area contributed by atoms with E-state index in [1.54, 1.807) is 0 Å². The summed E-state index contributed by atoms with van der Waals surface area (Å²) in [5.74, 6) is -0.550. The largest absolute Gasteiger partial charge is 0.872 e. The van der Waals surface area contributed by atoms with E-state index in [1.807, 2.05) is 0 Å². The number of rotatable bonds is 3. The molecule has 0 spiro atoms. The zero-order valence-electron chi connectivity index (χ0n) is 9.59. The number of hydrogen-bond acceptors (Lipinski definition) is 6. The highest BCUT2D eigenvalue weighted by molar-refractivity contribution is 7.94. The first-order valence-electron chi connectivity index (χ1n) is 5.27. The van der Waals surface area contributed by atoms with Gasteiger partial charge < -0.3 is 5.11 Å². The summed E-state index contributed by atoms with van der Waals surface area (Å²) in [5.41, 5.74) is -0.150. The van der Waals surface area contributed by atoms with E-state index in [4.69, 9.17) is 0 Å². The summed E-state index contributed by atoms with van der Waals surface area (Å²) < 4.78 is 22.3. The minimum atomic E-state index is -3.21. The molecule has 19 heavy (non-hydrogen) atoms. The minimum absolute atomic E-state index is 0.0619. The number of non-ortho nitro benzene ring substituents is 1. The summed E-state index contributed by atoms with van der Waals surface area (Å²) in [6.45, 7) is 0. The molecule has 0 amide bonds. The lowest BCUT2D eigenvalue weighted by Gasteiger charge is -2.09. The maximum Gasteiger partial charge on any atom is 0.270 e.